The summed E-state index contributed by atoms with van der Waals surface area (Å²) in [5.74, 6) is 0.603. The van der Waals surface area contributed by atoms with Gasteiger partial charge in [-0.1, -0.05) is 17.7 Å². The number of anilines is 1. The highest BCUT2D eigenvalue weighted by molar-refractivity contribution is 7.92. The van der Waals surface area contributed by atoms with Gasteiger partial charge < -0.3 is 14.8 Å². The highest BCUT2D eigenvalue weighted by Crippen LogP contribution is 2.37. The number of aryl methyl sites for hydroxylation is 2. The summed E-state index contributed by atoms with van der Waals surface area (Å²) in [5.41, 5.74) is 2.63. The molecule has 2 aromatic carbocycles. The second-order valence-electron chi connectivity index (χ2n) is 6.90. The molecule has 0 saturated carbocycles. The minimum atomic E-state index is -3.60. The molecule has 0 radical (unpaired) electrons. The van der Waals surface area contributed by atoms with Crippen LogP contribution in [0.1, 0.15) is 11.1 Å². The highest BCUT2D eigenvalue weighted by Gasteiger charge is 2.35. The molecule has 1 atom stereocenters. The first-order chi connectivity index (χ1) is 13.6. The monoisotopic (exact) mass is 438 g/mol. The molecule has 0 aliphatic carbocycles. The standard InChI is InChI=1S/C20H23ClN2O5S/c1-13-4-6-16(10-14(13)2)27-9-8-22-20(24)19-12-23(29(3,25)26)17-11-15(21)5-7-18(17)28-19/h4-7,10-11,19H,8-9,12H2,1-3H3,(H,22,24). The average Bonchev–Trinajstić information content (AvgIpc) is 2.66. The van der Waals surface area contributed by atoms with Gasteiger partial charge in [0, 0.05) is 5.02 Å². The first kappa shape index (κ1) is 21.3. The third kappa shape index (κ3) is 5.13. The van der Waals surface area contributed by atoms with Crippen LogP contribution in [0, 0.1) is 13.8 Å². The lowest BCUT2D eigenvalue weighted by Gasteiger charge is -2.34. The number of halogens is 1. The van der Waals surface area contributed by atoms with E-state index in [0.717, 1.165) is 21.9 Å². The number of fused-ring (bicyclic) bond motifs is 1. The molecule has 3 rings (SSSR count). The van der Waals surface area contributed by atoms with Crippen molar-refractivity contribution in [2.45, 2.75) is 20.0 Å². The van der Waals surface area contributed by atoms with Gasteiger partial charge in [-0.25, -0.2) is 8.42 Å². The van der Waals surface area contributed by atoms with Gasteiger partial charge in [0.15, 0.2) is 6.10 Å². The SMILES string of the molecule is Cc1ccc(OCCNC(=O)C2CN(S(C)(=O)=O)c3cc(Cl)ccc3O2)cc1C. The van der Waals surface area contributed by atoms with Gasteiger partial charge in [0.05, 0.1) is 25.0 Å². The predicted octanol–water partition coefficient (Wildman–Crippen LogP) is 2.68. The molecule has 1 amide bonds. The number of nitrogens with one attached hydrogen (secondary N) is 1. The Bertz CT molecular complexity index is 1030. The first-order valence-corrected chi connectivity index (χ1v) is 11.3. The van der Waals surface area contributed by atoms with E-state index in [1.807, 2.05) is 32.0 Å². The van der Waals surface area contributed by atoms with Crippen LogP contribution in [0.2, 0.25) is 5.02 Å². The molecule has 7 nitrogen and oxygen atoms in total. The Hall–Kier alpha value is -2.45. The summed E-state index contributed by atoms with van der Waals surface area (Å²) in [7, 11) is -3.60. The quantitative estimate of drug-likeness (QED) is 0.701. The number of benzene rings is 2. The Morgan fingerprint density at radius 1 is 1.24 bits per heavy atom. The molecule has 0 bridgehead atoms. The summed E-state index contributed by atoms with van der Waals surface area (Å²) in [6.07, 6.45) is 0.107. The molecule has 1 unspecified atom stereocenters. The van der Waals surface area contributed by atoms with Crippen LogP contribution in [-0.2, 0) is 14.8 Å². The van der Waals surface area contributed by atoms with Crippen molar-refractivity contribution >= 4 is 33.2 Å². The maximum absolute atomic E-state index is 12.5. The fraction of sp³-hybridized carbons (Fsp3) is 0.350. The van der Waals surface area contributed by atoms with Gasteiger partial charge in [-0.2, -0.15) is 0 Å². The zero-order valence-electron chi connectivity index (χ0n) is 16.4. The van der Waals surface area contributed by atoms with Crippen LogP contribution in [0.3, 0.4) is 0 Å². The lowest BCUT2D eigenvalue weighted by atomic mass is 10.1. The third-order valence-electron chi connectivity index (χ3n) is 4.63. The zero-order chi connectivity index (χ0) is 21.2. The van der Waals surface area contributed by atoms with E-state index in [1.54, 1.807) is 12.1 Å². The molecule has 29 heavy (non-hydrogen) atoms. The summed E-state index contributed by atoms with van der Waals surface area (Å²) < 4.78 is 36.8. The second-order valence-corrected chi connectivity index (χ2v) is 9.24. The van der Waals surface area contributed by atoms with Gasteiger partial charge >= 0.3 is 0 Å². The molecular formula is C20H23ClN2O5S. The Morgan fingerprint density at radius 2 is 2.00 bits per heavy atom. The minimum Gasteiger partial charge on any atom is -0.492 e. The zero-order valence-corrected chi connectivity index (χ0v) is 18.0. The smallest absolute Gasteiger partial charge is 0.263 e. The van der Waals surface area contributed by atoms with Crippen molar-refractivity contribution in [1.82, 2.24) is 5.32 Å². The number of carbonyl (C=O) groups is 1. The van der Waals surface area contributed by atoms with Crippen molar-refractivity contribution in [3.8, 4) is 11.5 Å². The van der Waals surface area contributed by atoms with Crippen LogP contribution in [0.5, 0.6) is 11.5 Å². The number of rotatable bonds is 6. The summed E-state index contributed by atoms with van der Waals surface area (Å²) in [6.45, 7) is 4.44. The average molecular weight is 439 g/mol. The maximum atomic E-state index is 12.5. The van der Waals surface area contributed by atoms with Crippen molar-refractivity contribution in [2.24, 2.45) is 0 Å². The van der Waals surface area contributed by atoms with Crippen molar-refractivity contribution in [2.75, 3.05) is 30.3 Å². The molecule has 0 spiro atoms. The molecule has 0 fully saturated rings. The van der Waals surface area contributed by atoms with Gasteiger partial charge in [0.25, 0.3) is 5.91 Å². The van der Waals surface area contributed by atoms with Crippen LogP contribution in [-0.4, -0.2) is 46.4 Å². The molecule has 0 aromatic heterocycles. The maximum Gasteiger partial charge on any atom is 0.263 e. The Kier molecular flexibility index (Phi) is 6.24. The molecular weight excluding hydrogens is 416 g/mol. The summed E-state index contributed by atoms with van der Waals surface area (Å²) >= 11 is 5.97. The molecule has 156 valence electrons. The molecule has 1 aliphatic heterocycles. The normalized spacial score (nSPS) is 16.0. The van der Waals surface area contributed by atoms with Gasteiger partial charge in [-0.05, 0) is 55.3 Å². The van der Waals surface area contributed by atoms with Crippen LogP contribution < -0.4 is 19.1 Å². The molecule has 1 N–H and O–H groups in total. The van der Waals surface area contributed by atoms with E-state index in [2.05, 4.69) is 5.32 Å². The van der Waals surface area contributed by atoms with Crippen molar-refractivity contribution in [3.05, 3.63) is 52.5 Å². The van der Waals surface area contributed by atoms with E-state index in [9.17, 15) is 13.2 Å². The fourth-order valence-corrected chi connectivity index (χ4v) is 4.01. The van der Waals surface area contributed by atoms with Crippen molar-refractivity contribution in [3.63, 3.8) is 0 Å². The van der Waals surface area contributed by atoms with E-state index >= 15 is 0 Å². The number of hydrogen-bond acceptors (Lipinski definition) is 5. The summed E-state index contributed by atoms with van der Waals surface area (Å²) in [6, 6.07) is 10.4. The fourth-order valence-electron chi connectivity index (χ4n) is 2.94. The van der Waals surface area contributed by atoms with Gasteiger partial charge in [-0.15, -0.1) is 0 Å². The van der Waals surface area contributed by atoms with Crippen LogP contribution in [0.15, 0.2) is 36.4 Å². The highest BCUT2D eigenvalue weighted by atomic mass is 35.5. The lowest BCUT2D eigenvalue weighted by molar-refractivity contribution is -0.127. The number of hydrogen-bond donors (Lipinski definition) is 1. The van der Waals surface area contributed by atoms with E-state index < -0.39 is 22.0 Å². The molecule has 0 saturated heterocycles. The number of sulfonamides is 1. The van der Waals surface area contributed by atoms with E-state index in [0.29, 0.717) is 10.7 Å². The van der Waals surface area contributed by atoms with Gasteiger partial charge in [0.2, 0.25) is 10.0 Å². The third-order valence-corrected chi connectivity index (χ3v) is 6.01. The van der Waals surface area contributed by atoms with E-state index in [1.165, 1.54) is 11.6 Å². The van der Waals surface area contributed by atoms with Crippen molar-refractivity contribution in [1.29, 1.82) is 0 Å². The number of carbonyl (C=O) groups excluding carboxylic acids is 1. The van der Waals surface area contributed by atoms with Crippen LogP contribution in [0.4, 0.5) is 5.69 Å². The largest absolute Gasteiger partial charge is 0.492 e. The molecule has 9 heteroatoms. The summed E-state index contributed by atoms with van der Waals surface area (Å²) in [4.78, 5) is 12.5. The molecule has 1 aliphatic rings. The van der Waals surface area contributed by atoms with Gasteiger partial charge in [0.1, 0.15) is 18.1 Å². The summed E-state index contributed by atoms with van der Waals surface area (Å²) in [5, 5.41) is 3.11. The second kappa shape index (κ2) is 8.51. The van der Waals surface area contributed by atoms with Gasteiger partial charge in [-0.3, -0.25) is 9.10 Å². The number of nitrogens with zero attached hydrogens (tertiary/aromatic N) is 1. The Balaban J connectivity index is 1.60. The minimum absolute atomic E-state index is 0.129. The lowest BCUT2D eigenvalue weighted by Crippen LogP contribution is -2.51. The van der Waals surface area contributed by atoms with E-state index in [4.69, 9.17) is 21.1 Å². The van der Waals surface area contributed by atoms with Crippen LogP contribution in [0.25, 0.3) is 0 Å². The van der Waals surface area contributed by atoms with Crippen LogP contribution >= 0.6 is 11.6 Å². The number of amides is 1. The Labute approximate surface area is 175 Å². The van der Waals surface area contributed by atoms with Crippen molar-refractivity contribution < 1.29 is 22.7 Å². The molecule has 2 aromatic rings. The topological polar surface area (TPSA) is 84.9 Å². The van der Waals surface area contributed by atoms with E-state index in [-0.39, 0.29) is 25.4 Å². The number of ether oxygens (including phenoxy) is 2. The Morgan fingerprint density at radius 3 is 2.69 bits per heavy atom. The first-order valence-electron chi connectivity index (χ1n) is 9.07. The predicted molar refractivity (Wildman–Crippen MR) is 112 cm³/mol. The molecule has 1 heterocycles.